The summed E-state index contributed by atoms with van der Waals surface area (Å²) in [6.07, 6.45) is 3.63. The van der Waals surface area contributed by atoms with Crippen LogP contribution in [0.1, 0.15) is 0 Å². The molecule has 0 heterocycles. The largest absolute Gasteiger partial charge is 0.748 e. The summed E-state index contributed by atoms with van der Waals surface area (Å²) in [5, 5.41) is 0. The van der Waals surface area contributed by atoms with Crippen molar-refractivity contribution in [3.05, 3.63) is 8.04 Å². The van der Waals surface area contributed by atoms with Crippen LogP contribution in [0.15, 0.2) is 0 Å². The van der Waals surface area contributed by atoms with Crippen molar-refractivity contribution in [2.75, 3.05) is 37.5 Å². The summed E-state index contributed by atoms with van der Waals surface area (Å²) >= 11 is 0. The Morgan fingerprint density at radius 3 is 0.667 bits per heavy atom. The molecule has 0 radical (unpaired) electrons. The van der Waals surface area contributed by atoms with Gasteiger partial charge >= 0.3 is 0 Å². The monoisotopic (exact) mass is 516 g/mol. The lowest BCUT2D eigenvalue weighted by Gasteiger charge is -2.22. The third kappa shape index (κ3) is 25.6. The third-order valence-corrected chi connectivity index (χ3v) is 10.6. The van der Waals surface area contributed by atoms with Gasteiger partial charge in [0, 0.05) is 41.4 Å². The Hall–Kier alpha value is -0.380. The molecular weight excluding hydrogens is 498 g/mol. The summed E-state index contributed by atoms with van der Waals surface area (Å²) in [6, 6.07) is 0. The molecule has 0 unspecified atom stereocenters. The summed E-state index contributed by atoms with van der Waals surface area (Å²) in [7, 11) is -24.1. The highest BCUT2D eigenvalue weighted by atomic mass is 32.3. The SMILES string of the molecule is CS(=O)(=O)[C-](S(C)(=O)=O)S(C)(=O)=O.CS(=O)(=O)[N-]S(C)(=O)=O.CS(=O)(=O)[O-]. The van der Waals surface area contributed by atoms with Crippen LogP contribution in [0.2, 0.25) is 0 Å². The zero-order chi connectivity index (χ0) is 23.3. The molecule has 168 valence electrons. The Bertz CT molecular complexity index is 1010. The average molecular weight is 517 g/mol. The summed E-state index contributed by atoms with van der Waals surface area (Å²) < 4.78 is 134. The van der Waals surface area contributed by atoms with Crippen LogP contribution in [0.25, 0.3) is 4.13 Å². The predicted octanol–water partition coefficient (Wildman–Crippen LogP) is -2.99. The molecule has 0 saturated heterocycles. The van der Waals surface area contributed by atoms with Crippen LogP contribution in [-0.4, -0.2) is 92.6 Å². The van der Waals surface area contributed by atoms with Gasteiger partial charge in [-0.1, -0.05) is 0 Å². The summed E-state index contributed by atoms with van der Waals surface area (Å²) in [4.78, 5) is 0. The van der Waals surface area contributed by atoms with Gasteiger partial charge in [-0.15, -0.1) is 0 Å². The summed E-state index contributed by atoms with van der Waals surface area (Å²) in [6.45, 7) is 0. The fourth-order valence-corrected chi connectivity index (χ4v) is 9.64. The van der Waals surface area contributed by atoms with Gasteiger partial charge in [0.05, 0.1) is 59.7 Å². The maximum absolute atomic E-state index is 10.8. The van der Waals surface area contributed by atoms with Crippen molar-refractivity contribution in [2.45, 2.75) is 0 Å². The lowest BCUT2D eigenvalue weighted by Crippen LogP contribution is -2.27. The van der Waals surface area contributed by atoms with Crippen molar-refractivity contribution in [3.8, 4) is 0 Å². The highest BCUT2D eigenvalue weighted by Crippen LogP contribution is 2.22. The van der Waals surface area contributed by atoms with Gasteiger partial charge in [-0.05, 0) is 0 Å². The second-order valence-corrected chi connectivity index (χ2v) is 16.4. The van der Waals surface area contributed by atoms with E-state index < -0.39 is 63.6 Å². The molecule has 0 fully saturated rings. The molecule has 0 aromatic rings. The maximum atomic E-state index is 10.8. The standard InChI is InChI=1S/C4H9O6S3.C2H6NO4S2.CH4O3S/c1-11(5,6)4(12(2,7)8)13(3,9)10;1-8(4,5)3-9(2,6)7;1-5(2,3)4/h1-3H3;1-2H3;1H3,(H,2,3,4)/q2*-1;/p-1. The van der Waals surface area contributed by atoms with E-state index in [9.17, 15) is 42.1 Å². The predicted molar refractivity (Wildman–Crippen MR) is 96.4 cm³/mol. The molecule has 0 saturated carbocycles. The molecule has 14 nitrogen and oxygen atoms in total. The first-order chi connectivity index (χ1) is 11.1. The van der Waals surface area contributed by atoms with E-state index in [1.165, 1.54) is 0 Å². The van der Waals surface area contributed by atoms with Gasteiger partial charge in [0.1, 0.15) is 0 Å². The number of sulfonamides is 2. The zero-order valence-corrected chi connectivity index (χ0v) is 19.6. The van der Waals surface area contributed by atoms with Crippen molar-refractivity contribution in [2.24, 2.45) is 0 Å². The molecule has 0 aliphatic carbocycles. The molecule has 27 heavy (non-hydrogen) atoms. The van der Waals surface area contributed by atoms with E-state index in [0.29, 0.717) is 37.5 Å². The Kier molecular flexibility index (Phi) is 11.5. The number of hydrogen-bond donors (Lipinski definition) is 0. The topological polar surface area (TPSA) is 242 Å². The molecule has 20 heteroatoms. The molecular formula is C7H18NO13S6-3. The molecule has 0 aliphatic heterocycles. The van der Waals surface area contributed by atoms with Gasteiger partial charge in [-0.2, -0.15) is 0 Å². The molecule has 0 atom stereocenters. The van der Waals surface area contributed by atoms with Gasteiger partial charge in [-0.25, -0.2) is 25.3 Å². The number of hydrogen-bond acceptors (Lipinski definition) is 13. The lowest BCUT2D eigenvalue weighted by molar-refractivity contribution is 0.470. The van der Waals surface area contributed by atoms with Gasteiger partial charge in [0.25, 0.3) is 0 Å². The minimum Gasteiger partial charge on any atom is -0.748 e. The van der Waals surface area contributed by atoms with Crippen molar-refractivity contribution in [1.29, 1.82) is 0 Å². The van der Waals surface area contributed by atoms with Crippen LogP contribution < -0.4 is 0 Å². The van der Waals surface area contributed by atoms with Crippen LogP contribution >= 0.6 is 0 Å². The smallest absolute Gasteiger partial charge is 0.0916 e. The highest BCUT2D eigenvalue weighted by Gasteiger charge is 2.26. The fourth-order valence-electron chi connectivity index (χ4n) is 1.07. The van der Waals surface area contributed by atoms with Crippen LogP contribution in [0, 0.1) is 3.91 Å². The van der Waals surface area contributed by atoms with Crippen LogP contribution in [-0.2, 0) is 59.7 Å². The fraction of sp³-hybridized carbons (Fsp3) is 0.857. The molecule has 0 aromatic carbocycles. The first kappa shape index (κ1) is 31.3. The van der Waals surface area contributed by atoms with E-state index in [1.807, 2.05) is 0 Å². The summed E-state index contributed by atoms with van der Waals surface area (Å²) in [5.41, 5.74) is 0. The van der Waals surface area contributed by atoms with E-state index >= 15 is 0 Å². The van der Waals surface area contributed by atoms with Gasteiger partial charge in [0.15, 0.2) is 0 Å². The minimum atomic E-state index is -4.24. The van der Waals surface area contributed by atoms with Gasteiger partial charge in [-0.3, -0.25) is 25.3 Å². The van der Waals surface area contributed by atoms with E-state index in [2.05, 4.69) is 4.13 Å². The first-order valence-electron chi connectivity index (χ1n) is 5.59. The summed E-state index contributed by atoms with van der Waals surface area (Å²) in [5.74, 6) is 0. The Morgan fingerprint density at radius 1 is 0.519 bits per heavy atom. The van der Waals surface area contributed by atoms with Crippen molar-refractivity contribution in [1.82, 2.24) is 0 Å². The number of nitrogens with zero attached hydrogens (tertiary/aromatic N) is 1. The number of rotatable bonds is 5. The van der Waals surface area contributed by atoms with E-state index in [0.717, 1.165) is 0 Å². The van der Waals surface area contributed by atoms with Crippen molar-refractivity contribution in [3.63, 3.8) is 0 Å². The van der Waals surface area contributed by atoms with Crippen LogP contribution in [0.5, 0.6) is 0 Å². The first-order valence-corrected chi connectivity index (χ1v) is 16.8. The number of sulfone groups is 3. The van der Waals surface area contributed by atoms with E-state index in [1.54, 1.807) is 0 Å². The van der Waals surface area contributed by atoms with E-state index in [4.69, 9.17) is 13.0 Å². The Morgan fingerprint density at radius 2 is 0.667 bits per heavy atom. The normalized spacial score (nSPS) is 13.8. The second kappa shape index (κ2) is 9.89. The molecule has 0 aromatic heterocycles. The minimum absolute atomic E-state index is 0.532. The van der Waals surface area contributed by atoms with Crippen molar-refractivity contribution >= 4 is 59.7 Å². The van der Waals surface area contributed by atoms with Crippen molar-refractivity contribution < 1.29 is 55.1 Å². The Labute approximate surface area is 160 Å². The molecule has 0 N–H and O–H groups in total. The average Bonchev–Trinajstić information content (AvgIpc) is 1.96. The molecule has 0 amide bonds. The Balaban J connectivity index is -0.000000356. The lowest BCUT2D eigenvalue weighted by atomic mass is 11.8. The maximum Gasteiger partial charge on any atom is 0.0916 e. The quantitative estimate of drug-likeness (QED) is 0.261. The molecule has 0 rings (SSSR count). The van der Waals surface area contributed by atoms with Crippen LogP contribution in [0.3, 0.4) is 0 Å². The molecule has 0 aliphatic rings. The van der Waals surface area contributed by atoms with Crippen LogP contribution in [0.4, 0.5) is 0 Å². The van der Waals surface area contributed by atoms with Gasteiger partial charge in [0.2, 0.25) is 0 Å². The van der Waals surface area contributed by atoms with E-state index in [-0.39, 0.29) is 0 Å². The molecule has 0 bridgehead atoms. The zero-order valence-electron chi connectivity index (χ0n) is 14.7. The third-order valence-electron chi connectivity index (χ3n) is 1.18. The van der Waals surface area contributed by atoms with Gasteiger partial charge < -0.3 is 8.68 Å². The second-order valence-electron chi connectivity index (χ2n) is 4.81. The molecule has 0 spiro atoms. The highest BCUT2D eigenvalue weighted by molar-refractivity contribution is 8.28.